The van der Waals surface area contributed by atoms with E-state index in [9.17, 15) is 4.79 Å². The second kappa shape index (κ2) is 4.93. The molecule has 0 amide bonds. The first kappa shape index (κ1) is 13.4. The molecule has 0 fully saturated rings. The molecule has 0 bridgehead atoms. The van der Waals surface area contributed by atoms with E-state index in [0.717, 1.165) is 0 Å². The second-order valence-electron chi connectivity index (χ2n) is 4.70. The average molecular weight is 282 g/mol. The smallest absolute Gasteiger partial charge is 0.310 e. The van der Waals surface area contributed by atoms with Crippen LogP contribution in [0.5, 0.6) is 0 Å². The molecule has 1 N–H and O–H groups in total. The molecule has 0 spiro atoms. The lowest BCUT2D eigenvalue weighted by Gasteiger charge is -2.19. The predicted octanol–water partition coefficient (Wildman–Crippen LogP) is 1.50. The van der Waals surface area contributed by atoms with E-state index in [1.165, 1.54) is 10.9 Å². The van der Waals surface area contributed by atoms with Gasteiger partial charge in [0.2, 0.25) is 0 Å². The van der Waals surface area contributed by atoms with Crippen LogP contribution in [-0.2, 0) is 11.3 Å². The van der Waals surface area contributed by atoms with Gasteiger partial charge in [-0.1, -0.05) is 11.6 Å². The number of nitrogens with zero attached hydrogens (tertiary/aromatic N) is 5. The van der Waals surface area contributed by atoms with E-state index < -0.39 is 11.4 Å². The van der Waals surface area contributed by atoms with Gasteiger partial charge in [0.15, 0.2) is 5.82 Å². The maximum atomic E-state index is 11.1. The van der Waals surface area contributed by atoms with Crippen LogP contribution in [0, 0.1) is 5.41 Å². The van der Waals surface area contributed by atoms with Gasteiger partial charge in [-0.3, -0.25) is 9.78 Å². The lowest BCUT2D eigenvalue weighted by atomic mass is 9.94. The Bertz CT molecular complexity index is 611. The lowest BCUT2D eigenvalue weighted by Crippen LogP contribution is -2.30. The molecule has 2 rings (SSSR count). The molecule has 0 aliphatic heterocycles. The highest BCUT2D eigenvalue weighted by Gasteiger charge is 2.29. The second-order valence-corrected chi connectivity index (χ2v) is 5.11. The lowest BCUT2D eigenvalue weighted by molar-refractivity contribution is -0.147. The molecule has 0 aliphatic carbocycles. The molecule has 7 nitrogen and oxygen atoms in total. The Morgan fingerprint density at radius 2 is 2.26 bits per heavy atom. The molecule has 0 unspecified atom stereocenters. The zero-order chi connectivity index (χ0) is 14.0. The van der Waals surface area contributed by atoms with E-state index in [4.69, 9.17) is 16.7 Å². The van der Waals surface area contributed by atoms with Gasteiger partial charge in [0.1, 0.15) is 0 Å². The summed E-state index contributed by atoms with van der Waals surface area (Å²) >= 11 is 6.03. The summed E-state index contributed by atoms with van der Waals surface area (Å²) in [5.41, 5.74) is -0.369. The number of hydrogen-bond donors (Lipinski definition) is 1. The van der Waals surface area contributed by atoms with Gasteiger partial charge < -0.3 is 5.11 Å². The van der Waals surface area contributed by atoms with Gasteiger partial charge in [-0.2, -0.15) is 0 Å². The number of carbonyl (C=O) groups is 1. The standard InChI is InChI=1S/C11H12ClN5O2/c1-11(2,10(18)19)6-17-9(14-15-16-17)7-3-4-13-5-8(7)12/h3-5H,6H2,1-2H3,(H,18,19). The van der Waals surface area contributed by atoms with Crippen LogP contribution in [0.15, 0.2) is 18.5 Å². The Morgan fingerprint density at radius 3 is 2.89 bits per heavy atom. The van der Waals surface area contributed by atoms with Gasteiger partial charge in [0, 0.05) is 18.0 Å². The zero-order valence-electron chi connectivity index (χ0n) is 10.4. The van der Waals surface area contributed by atoms with Crippen molar-refractivity contribution in [3.63, 3.8) is 0 Å². The van der Waals surface area contributed by atoms with Crippen molar-refractivity contribution in [2.45, 2.75) is 20.4 Å². The molecule has 2 aromatic heterocycles. The van der Waals surface area contributed by atoms with Crippen molar-refractivity contribution in [2.24, 2.45) is 5.41 Å². The molecule has 19 heavy (non-hydrogen) atoms. The van der Waals surface area contributed by atoms with E-state index in [1.807, 2.05) is 0 Å². The number of hydrogen-bond acceptors (Lipinski definition) is 5. The Labute approximate surface area is 114 Å². The minimum Gasteiger partial charge on any atom is -0.481 e. The molecule has 8 heteroatoms. The Balaban J connectivity index is 2.39. The topological polar surface area (TPSA) is 93.8 Å². The molecule has 0 saturated heterocycles. The van der Waals surface area contributed by atoms with E-state index in [1.54, 1.807) is 26.1 Å². The summed E-state index contributed by atoms with van der Waals surface area (Å²) in [6, 6.07) is 1.68. The summed E-state index contributed by atoms with van der Waals surface area (Å²) in [6.45, 7) is 3.35. The quantitative estimate of drug-likeness (QED) is 0.913. The highest BCUT2D eigenvalue weighted by atomic mass is 35.5. The number of tetrazole rings is 1. The third-order valence-electron chi connectivity index (χ3n) is 2.67. The summed E-state index contributed by atoms with van der Waals surface area (Å²) in [7, 11) is 0. The fraction of sp³-hybridized carbons (Fsp3) is 0.364. The van der Waals surface area contributed by atoms with Gasteiger partial charge in [0.05, 0.1) is 17.0 Å². The summed E-state index contributed by atoms with van der Waals surface area (Å²) in [4.78, 5) is 15.0. The van der Waals surface area contributed by atoms with Crippen LogP contribution in [0.4, 0.5) is 0 Å². The monoisotopic (exact) mass is 281 g/mol. The first-order chi connectivity index (χ1) is 8.92. The summed E-state index contributed by atoms with van der Waals surface area (Å²) < 4.78 is 1.43. The van der Waals surface area contributed by atoms with Gasteiger partial charge in [-0.15, -0.1) is 5.10 Å². The molecule has 0 aliphatic rings. The van der Waals surface area contributed by atoms with Crippen LogP contribution in [0.1, 0.15) is 13.8 Å². The van der Waals surface area contributed by atoms with Crippen LogP contribution < -0.4 is 0 Å². The van der Waals surface area contributed by atoms with Gasteiger partial charge in [-0.25, -0.2) is 4.68 Å². The fourth-order valence-corrected chi connectivity index (χ4v) is 1.71. The molecule has 100 valence electrons. The van der Waals surface area contributed by atoms with Crippen LogP contribution >= 0.6 is 11.6 Å². The van der Waals surface area contributed by atoms with E-state index in [2.05, 4.69) is 20.5 Å². The minimum absolute atomic E-state index is 0.142. The summed E-state index contributed by atoms with van der Waals surface area (Å²) in [5.74, 6) is -0.503. The molecule has 0 saturated carbocycles. The number of aromatic nitrogens is 5. The van der Waals surface area contributed by atoms with Crippen molar-refractivity contribution in [1.29, 1.82) is 0 Å². The number of carboxylic acid groups (broad SMARTS) is 1. The van der Waals surface area contributed by atoms with Crippen molar-refractivity contribution >= 4 is 17.6 Å². The third-order valence-corrected chi connectivity index (χ3v) is 2.97. The highest BCUT2D eigenvalue weighted by molar-refractivity contribution is 6.33. The highest BCUT2D eigenvalue weighted by Crippen LogP contribution is 2.26. The van der Waals surface area contributed by atoms with Crippen molar-refractivity contribution in [3.8, 4) is 11.4 Å². The number of pyridine rings is 1. The van der Waals surface area contributed by atoms with Crippen molar-refractivity contribution in [3.05, 3.63) is 23.5 Å². The molecule has 2 heterocycles. The van der Waals surface area contributed by atoms with Crippen molar-refractivity contribution in [1.82, 2.24) is 25.2 Å². The van der Waals surface area contributed by atoms with Gasteiger partial charge >= 0.3 is 5.97 Å². The first-order valence-corrected chi connectivity index (χ1v) is 5.89. The zero-order valence-corrected chi connectivity index (χ0v) is 11.2. The maximum absolute atomic E-state index is 11.1. The molecular weight excluding hydrogens is 270 g/mol. The van der Waals surface area contributed by atoms with E-state index in [0.29, 0.717) is 16.4 Å². The van der Waals surface area contributed by atoms with Gasteiger partial charge in [-0.05, 0) is 30.3 Å². The minimum atomic E-state index is -0.983. The van der Waals surface area contributed by atoms with Crippen LogP contribution in [0.25, 0.3) is 11.4 Å². The fourth-order valence-electron chi connectivity index (χ4n) is 1.50. The number of rotatable bonds is 4. The molecule has 0 atom stereocenters. The van der Waals surface area contributed by atoms with Gasteiger partial charge in [0.25, 0.3) is 0 Å². The van der Waals surface area contributed by atoms with Crippen molar-refractivity contribution in [2.75, 3.05) is 0 Å². The number of aliphatic carboxylic acids is 1. The Morgan fingerprint density at radius 1 is 1.53 bits per heavy atom. The molecule has 0 aromatic carbocycles. The van der Waals surface area contributed by atoms with Crippen LogP contribution in [0.3, 0.4) is 0 Å². The summed E-state index contributed by atoms with van der Waals surface area (Å²) in [6.07, 6.45) is 3.06. The predicted molar refractivity (Wildman–Crippen MR) is 67.5 cm³/mol. The molecule has 2 aromatic rings. The third kappa shape index (κ3) is 2.70. The normalized spacial score (nSPS) is 11.5. The van der Waals surface area contributed by atoms with Crippen LogP contribution in [0.2, 0.25) is 5.02 Å². The van der Waals surface area contributed by atoms with Crippen molar-refractivity contribution < 1.29 is 9.90 Å². The SMILES string of the molecule is CC(C)(Cn1nnnc1-c1ccncc1Cl)C(=O)O. The Kier molecular flexibility index (Phi) is 3.48. The Hall–Kier alpha value is -2.02. The van der Waals surface area contributed by atoms with E-state index >= 15 is 0 Å². The van der Waals surface area contributed by atoms with Crippen LogP contribution in [-0.4, -0.2) is 36.3 Å². The average Bonchev–Trinajstić information content (AvgIpc) is 2.77. The summed E-state index contributed by atoms with van der Waals surface area (Å²) in [5, 5.41) is 20.8. The number of halogens is 1. The molecular formula is C11H12ClN5O2. The number of carboxylic acids is 1. The largest absolute Gasteiger partial charge is 0.481 e. The molecule has 0 radical (unpaired) electrons. The maximum Gasteiger partial charge on any atom is 0.310 e. The van der Waals surface area contributed by atoms with E-state index in [-0.39, 0.29) is 6.54 Å². The first-order valence-electron chi connectivity index (χ1n) is 5.51.